The van der Waals surface area contributed by atoms with Crippen LogP contribution in [-0.4, -0.2) is 26.1 Å². The largest absolute Gasteiger partial charge is 0.361 e. The van der Waals surface area contributed by atoms with Gasteiger partial charge >= 0.3 is 0 Å². The molecule has 0 unspecified atom stereocenters. The molecule has 0 saturated carbocycles. The average molecular weight is 347 g/mol. The van der Waals surface area contributed by atoms with Gasteiger partial charge < -0.3 is 4.98 Å². The number of H-pyrrole nitrogens is 1. The topological polar surface area (TPSA) is 58.9 Å². The van der Waals surface area contributed by atoms with E-state index in [-0.39, 0.29) is 0 Å². The molecule has 0 atom stereocenters. The molecule has 0 bridgehead atoms. The molecule has 4 aromatic rings. The smallest absolute Gasteiger partial charge is 0.212 e. The van der Waals surface area contributed by atoms with Crippen molar-refractivity contribution >= 4 is 28.9 Å². The van der Waals surface area contributed by atoms with Crippen LogP contribution in [-0.2, 0) is 5.75 Å². The Morgan fingerprint density at radius 3 is 2.88 bits per heavy atom. The van der Waals surface area contributed by atoms with Crippen molar-refractivity contribution in [2.24, 2.45) is 5.10 Å². The number of hydrogen-bond donors (Lipinski definition) is 1. The standard InChI is InChI=1S/C19H17N5S/c1-14-6-8-15(9-7-14)12-25-19-23-21-13-24(19)22-11-16-10-20-18-5-3-2-4-17(16)18/h2-11,13,20H,12H2,1H3. The second-order valence-electron chi connectivity index (χ2n) is 5.77. The van der Waals surface area contributed by atoms with Gasteiger partial charge in [-0.1, -0.05) is 59.8 Å². The molecule has 4 rings (SSSR count). The Bertz CT molecular complexity index is 1010. The summed E-state index contributed by atoms with van der Waals surface area (Å²) in [6.07, 6.45) is 5.42. The molecule has 124 valence electrons. The third-order valence-electron chi connectivity index (χ3n) is 3.93. The predicted molar refractivity (Wildman–Crippen MR) is 102 cm³/mol. The second-order valence-corrected chi connectivity index (χ2v) is 6.71. The lowest BCUT2D eigenvalue weighted by Gasteiger charge is -2.02. The van der Waals surface area contributed by atoms with E-state index >= 15 is 0 Å². The van der Waals surface area contributed by atoms with Gasteiger partial charge in [0.05, 0.1) is 6.21 Å². The normalized spacial score (nSPS) is 11.6. The third kappa shape index (κ3) is 3.49. The number of hydrogen-bond acceptors (Lipinski definition) is 4. The lowest BCUT2D eigenvalue weighted by atomic mass is 10.2. The molecule has 25 heavy (non-hydrogen) atoms. The van der Waals surface area contributed by atoms with E-state index in [2.05, 4.69) is 57.5 Å². The van der Waals surface area contributed by atoms with E-state index in [0.29, 0.717) is 0 Å². The lowest BCUT2D eigenvalue weighted by Crippen LogP contribution is -1.92. The number of nitrogens with zero attached hydrogens (tertiary/aromatic N) is 4. The Labute approximate surface area is 149 Å². The first kappa shape index (κ1) is 15.7. The van der Waals surface area contributed by atoms with Crippen molar-refractivity contribution in [3.05, 3.63) is 77.7 Å². The van der Waals surface area contributed by atoms with Gasteiger partial charge in [0.1, 0.15) is 6.33 Å². The summed E-state index contributed by atoms with van der Waals surface area (Å²) >= 11 is 1.62. The highest BCUT2D eigenvalue weighted by atomic mass is 32.2. The van der Waals surface area contributed by atoms with Crippen molar-refractivity contribution in [3.8, 4) is 0 Å². The molecule has 1 N–H and O–H groups in total. The summed E-state index contributed by atoms with van der Waals surface area (Å²) in [5, 5.41) is 14.6. The number of thioether (sulfide) groups is 1. The quantitative estimate of drug-likeness (QED) is 0.434. The van der Waals surface area contributed by atoms with Crippen molar-refractivity contribution in [3.63, 3.8) is 0 Å². The van der Waals surface area contributed by atoms with Gasteiger partial charge in [0.2, 0.25) is 5.16 Å². The van der Waals surface area contributed by atoms with Crippen LogP contribution in [0, 0.1) is 6.92 Å². The van der Waals surface area contributed by atoms with Crippen LogP contribution in [0.5, 0.6) is 0 Å². The molecule has 6 heteroatoms. The Morgan fingerprint density at radius 2 is 2.00 bits per heavy atom. The molecular weight excluding hydrogens is 330 g/mol. The van der Waals surface area contributed by atoms with Crippen LogP contribution >= 0.6 is 11.8 Å². The summed E-state index contributed by atoms with van der Waals surface area (Å²) in [6, 6.07) is 16.7. The lowest BCUT2D eigenvalue weighted by molar-refractivity contribution is 0.767. The van der Waals surface area contributed by atoms with E-state index in [0.717, 1.165) is 27.4 Å². The van der Waals surface area contributed by atoms with Gasteiger partial charge in [-0.2, -0.15) is 9.78 Å². The van der Waals surface area contributed by atoms with Crippen LogP contribution in [0.25, 0.3) is 10.9 Å². The number of aromatic amines is 1. The fourth-order valence-corrected chi connectivity index (χ4v) is 3.37. The fourth-order valence-electron chi connectivity index (χ4n) is 2.55. The average Bonchev–Trinajstić information content (AvgIpc) is 3.26. The Kier molecular flexibility index (Phi) is 4.35. The predicted octanol–water partition coefficient (Wildman–Crippen LogP) is 4.24. The summed E-state index contributed by atoms with van der Waals surface area (Å²) in [5.74, 6) is 0.835. The summed E-state index contributed by atoms with van der Waals surface area (Å²) in [7, 11) is 0. The highest BCUT2D eigenvalue weighted by molar-refractivity contribution is 7.98. The van der Waals surface area contributed by atoms with Crippen LogP contribution in [0.1, 0.15) is 16.7 Å². The molecular formula is C19H17N5S. The van der Waals surface area contributed by atoms with Crippen LogP contribution in [0.2, 0.25) is 0 Å². The highest BCUT2D eigenvalue weighted by Crippen LogP contribution is 2.21. The van der Waals surface area contributed by atoms with Gasteiger partial charge in [-0.25, -0.2) is 0 Å². The first-order valence-electron chi connectivity index (χ1n) is 7.98. The van der Waals surface area contributed by atoms with Crippen molar-refractivity contribution in [1.29, 1.82) is 0 Å². The molecule has 2 heterocycles. The summed E-state index contributed by atoms with van der Waals surface area (Å²) in [6.45, 7) is 2.09. The van der Waals surface area contributed by atoms with Gasteiger partial charge in [-0.05, 0) is 18.6 Å². The van der Waals surface area contributed by atoms with E-state index < -0.39 is 0 Å². The maximum atomic E-state index is 4.51. The number of nitrogens with one attached hydrogen (secondary N) is 1. The van der Waals surface area contributed by atoms with Gasteiger partial charge in [0.15, 0.2) is 0 Å². The minimum atomic E-state index is 0.775. The van der Waals surface area contributed by atoms with Gasteiger partial charge in [-0.15, -0.1) is 10.2 Å². The number of para-hydroxylation sites is 1. The molecule has 0 aliphatic carbocycles. The first-order valence-corrected chi connectivity index (χ1v) is 8.97. The molecule has 0 fully saturated rings. The molecule has 2 aromatic carbocycles. The van der Waals surface area contributed by atoms with E-state index in [4.69, 9.17) is 0 Å². The van der Waals surface area contributed by atoms with Crippen LogP contribution in [0.15, 0.2) is 71.3 Å². The molecule has 0 aliphatic heterocycles. The minimum absolute atomic E-state index is 0.775. The Hall–Kier alpha value is -2.86. The highest BCUT2D eigenvalue weighted by Gasteiger charge is 2.05. The number of rotatable bonds is 5. The number of aryl methyl sites for hydroxylation is 1. The molecule has 0 amide bonds. The zero-order valence-electron chi connectivity index (χ0n) is 13.8. The third-order valence-corrected chi connectivity index (χ3v) is 4.94. The molecule has 0 radical (unpaired) electrons. The maximum absolute atomic E-state index is 4.51. The number of benzene rings is 2. The molecule has 0 spiro atoms. The monoisotopic (exact) mass is 347 g/mol. The van der Waals surface area contributed by atoms with Gasteiger partial charge in [0, 0.05) is 28.4 Å². The second kappa shape index (κ2) is 6.94. The SMILES string of the molecule is Cc1ccc(CSc2nncn2N=Cc2c[nH]c3ccccc23)cc1. The molecule has 0 saturated heterocycles. The Morgan fingerprint density at radius 1 is 1.16 bits per heavy atom. The van der Waals surface area contributed by atoms with E-state index in [1.807, 2.05) is 30.6 Å². The van der Waals surface area contributed by atoms with Crippen molar-refractivity contribution in [2.45, 2.75) is 17.8 Å². The summed E-state index contributed by atoms with van der Waals surface area (Å²) in [4.78, 5) is 3.25. The van der Waals surface area contributed by atoms with Crippen molar-refractivity contribution < 1.29 is 0 Å². The van der Waals surface area contributed by atoms with E-state index in [1.165, 1.54) is 11.1 Å². The minimum Gasteiger partial charge on any atom is -0.361 e. The number of fused-ring (bicyclic) bond motifs is 1. The van der Waals surface area contributed by atoms with Crippen LogP contribution < -0.4 is 0 Å². The van der Waals surface area contributed by atoms with Crippen molar-refractivity contribution in [1.82, 2.24) is 19.9 Å². The number of aromatic nitrogens is 4. The molecule has 5 nitrogen and oxygen atoms in total. The molecule has 0 aliphatic rings. The molecule has 2 aromatic heterocycles. The van der Waals surface area contributed by atoms with Crippen LogP contribution in [0.3, 0.4) is 0 Å². The van der Waals surface area contributed by atoms with Gasteiger partial charge in [-0.3, -0.25) is 0 Å². The van der Waals surface area contributed by atoms with E-state index in [1.54, 1.807) is 22.8 Å². The van der Waals surface area contributed by atoms with Gasteiger partial charge in [0.25, 0.3) is 0 Å². The van der Waals surface area contributed by atoms with Crippen molar-refractivity contribution in [2.75, 3.05) is 0 Å². The first-order chi connectivity index (χ1) is 12.3. The zero-order chi connectivity index (χ0) is 17.1. The summed E-state index contributed by atoms with van der Waals surface area (Å²) < 4.78 is 1.71. The Balaban J connectivity index is 1.50. The van der Waals surface area contributed by atoms with E-state index in [9.17, 15) is 0 Å². The fraction of sp³-hybridized carbons (Fsp3) is 0.105. The summed E-state index contributed by atoms with van der Waals surface area (Å²) in [5.41, 5.74) is 4.66. The van der Waals surface area contributed by atoms with Crippen LogP contribution in [0.4, 0.5) is 0 Å². The maximum Gasteiger partial charge on any atom is 0.212 e. The zero-order valence-corrected chi connectivity index (χ0v) is 14.6.